The average Bonchev–Trinajstić information content (AvgIpc) is 3.08. The molecule has 26 heavy (non-hydrogen) atoms. The minimum absolute atomic E-state index is 0.216. The molecule has 6 heteroatoms. The van der Waals surface area contributed by atoms with E-state index in [1.807, 2.05) is 29.2 Å². The summed E-state index contributed by atoms with van der Waals surface area (Å²) in [5.41, 5.74) is 3.31. The molecule has 0 aromatic heterocycles. The molecule has 0 atom stereocenters. The number of hydrogen-bond donors (Lipinski definition) is 2. The van der Waals surface area contributed by atoms with Crippen LogP contribution < -0.4 is 15.5 Å². The van der Waals surface area contributed by atoms with Crippen molar-refractivity contribution in [1.29, 1.82) is 0 Å². The fourth-order valence-electron chi connectivity index (χ4n) is 2.95. The molecule has 0 aliphatic carbocycles. The number of benzene rings is 2. The molecule has 0 radical (unpaired) electrons. The maximum atomic E-state index is 11.8. The summed E-state index contributed by atoms with van der Waals surface area (Å²) in [6.07, 6.45) is 1.60. The van der Waals surface area contributed by atoms with Crippen molar-refractivity contribution in [3.05, 3.63) is 64.1 Å². The van der Waals surface area contributed by atoms with Crippen molar-refractivity contribution in [2.24, 2.45) is 4.99 Å². The van der Waals surface area contributed by atoms with E-state index >= 15 is 0 Å². The second-order valence-electron chi connectivity index (χ2n) is 6.22. The number of anilines is 1. The van der Waals surface area contributed by atoms with E-state index in [4.69, 9.17) is 0 Å². The predicted molar refractivity (Wildman–Crippen MR) is 109 cm³/mol. The average molecular weight is 415 g/mol. The van der Waals surface area contributed by atoms with Crippen molar-refractivity contribution in [1.82, 2.24) is 10.6 Å². The van der Waals surface area contributed by atoms with Crippen LogP contribution in [-0.4, -0.2) is 25.5 Å². The quantitative estimate of drug-likeness (QED) is 0.581. The zero-order valence-corrected chi connectivity index (χ0v) is 16.4. The molecule has 1 heterocycles. The number of nitrogens with zero attached hydrogens (tertiary/aromatic N) is 2. The van der Waals surface area contributed by atoms with Gasteiger partial charge in [0.15, 0.2) is 5.96 Å². The van der Waals surface area contributed by atoms with Crippen LogP contribution in [0.4, 0.5) is 5.69 Å². The second kappa shape index (κ2) is 8.85. The molecule has 5 nitrogen and oxygen atoms in total. The van der Waals surface area contributed by atoms with Crippen molar-refractivity contribution in [2.75, 3.05) is 18.5 Å². The van der Waals surface area contributed by atoms with Gasteiger partial charge >= 0.3 is 0 Å². The van der Waals surface area contributed by atoms with Crippen LogP contribution in [0.15, 0.2) is 58.0 Å². The Morgan fingerprint density at radius 1 is 1.12 bits per heavy atom. The molecule has 2 N–H and O–H groups in total. The number of hydrogen-bond acceptors (Lipinski definition) is 2. The number of halogens is 1. The lowest BCUT2D eigenvalue weighted by Gasteiger charge is -2.16. The van der Waals surface area contributed by atoms with E-state index in [-0.39, 0.29) is 5.91 Å². The highest BCUT2D eigenvalue weighted by Crippen LogP contribution is 2.21. The summed E-state index contributed by atoms with van der Waals surface area (Å²) < 4.78 is 1.07. The van der Waals surface area contributed by atoms with Crippen LogP contribution in [0.25, 0.3) is 0 Å². The third kappa shape index (κ3) is 4.85. The molecule has 2 aromatic carbocycles. The lowest BCUT2D eigenvalue weighted by Crippen LogP contribution is -2.36. The van der Waals surface area contributed by atoms with Crippen LogP contribution in [0.1, 0.15) is 24.0 Å². The van der Waals surface area contributed by atoms with Gasteiger partial charge in [-0.3, -0.25) is 9.79 Å². The molecule has 2 aromatic rings. The molecule has 0 unspecified atom stereocenters. The first-order valence-corrected chi connectivity index (χ1v) is 9.53. The lowest BCUT2D eigenvalue weighted by atomic mass is 10.2. The van der Waals surface area contributed by atoms with E-state index in [0.29, 0.717) is 19.5 Å². The summed E-state index contributed by atoms with van der Waals surface area (Å²) in [6, 6.07) is 16.3. The van der Waals surface area contributed by atoms with Crippen molar-refractivity contribution in [3.63, 3.8) is 0 Å². The molecule has 1 amide bonds. The van der Waals surface area contributed by atoms with Gasteiger partial charge < -0.3 is 15.5 Å². The number of nitrogens with one attached hydrogen (secondary N) is 2. The summed E-state index contributed by atoms with van der Waals surface area (Å²) in [5, 5.41) is 6.63. The number of carbonyl (C=O) groups is 1. The Morgan fingerprint density at radius 3 is 2.46 bits per heavy atom. The monoisotopic (exact) mass is 414 g/mol. The van der Waals surface area contributed by atoms with Crippen LogP contribution in [0.2, 0.25) is 0 Å². The fraction of sp³-hybridized carbons (Fsp3) is 0.300. The fourth-order valence-corrected chi connectivity index (χ4v) is 3.40. The third-order valence-corrected chi connectivity index (χ3v) is 4.85. The van der Waals surface area contributed by atoms with Crippen LogP contribution in [0.5, 0.6) is 0 Å². The molecular weight excluding hydrogens is 392 g/mol. The van der Waals surface area contributed by atoms with Crippen molar-refractivity contribution >= 4 is 33.5 Å². The zero-order valence-electron chi connectivity index (χ0n) is 14.8. The molecule has 0 saturated carbocycles. The Bertz CT molecular complexity index is 789. The van der Waals surface area contributed by atoms with E-state index in [2.05, 4.69) is 55.8 Å². The van der Waals surface area contributed by atoms with Gasteiger partial charge in [-0.15, -0.1) is 0 Å². The Hall–Kier alpha value is -2.34. The Labute approximate surface area is 162 Å². The number of rotatable bonds is 5. The second-order valence-corrected chi connectivity index (χ2v) is 7.14. The van der Waals surface area contributed by atoms with E-state index in [9.17, 15) is 4.79 Å². The molecular formula is C20H23BrN4O. The summed E-state index contributed by atoms with van der Waals surface area (Å²) in [4.78, 5) is 17.9. The molecule has 1 aliphatic heterocycles. The largest absolute Gasteiger partial charge is 0.352 e. The van der Waals surface area contributed by atoms with Crippen LogP contribution >= 0.6 is 15.9 Å². The molecule has 136 valence electrons. The first-order valence-electron chi connectivity index (χ1n) is 8.74. The SMILES string of the molecule is CN=C(NCc1ccc(N2CCCC2=O)cc1)NCc1cccc(Br)c1. The number of amides is 1. The van der Waals surface area contributed by atoms with E-state index in [1.165, 1.54) is 5.56 Å². The van der Waals surface area contributed by atoms with Crippen LogP contribution in [0.3, 0.4) is 0 Å². The van der Waals surface area contributed by atoms with Gasteiger partial charge in [-0.1, -0.05) is 40.2 Å². The maximum absolute atomic E-state index is 11.8. The van der Waals surface area contributed by atoms with E-state index in [0.717, 1.165) is 34.6 Å². The van der Waals surface area contributed by atoms with Crippen LogP contribution in [0, 0.1) is 0 Å². The van der Waals surface area contributed by atoms with Gasteiger partial charge in [0.05, 0.1) is 0 Å². The smallest absolute Gasteiger partial charge is 0.227 e. The molecule has 0 bridgehead atoms. The highest BCUT2D eigenvalue weighted by Gasteiger charge is 2.21. The Morgan fingerprint density at radius 2 is 1.85 bits per heavy atom. The van der Waals surface area contributed by atoms with Gasteiger partial charge in [0.25, 0.3) is 0 Å². The molecule has 1 saturated heterocycles. The lowest BCUT2D eigenvalue weighted by molar-refractivity contribution is -0.117. The zero-order chi connectivity index (χ0) is 18.4. The molecule has 1 fully saturated rings. The van der Waals surface area contributed by atoms with Crippen LogP contribution in [-0.2, 0) is 17.9 Å². The minimum atomic E-state index is 0.216. The summed E-state index contributed by atoms with van der Waals surface area (Å²) in [7, 11) is 1.76. The van der Waals surface area contributed by atoms with Gasteiger partial charge in [0, 0.05) is 43.3 Å². The Kier molecular flexibility index (Phi) is 6.28. The summed E-state index contributed by atoms with van der Waals surface area (Å²) in [6.45, 7) is 2.20. The van der Waals surface area contributed by atoms with Gasteiger partial charge in [-0.25, -0.2) is 0 Å². The predicted octanol–water partition coefficient (Wildman–Crippen LogP) is 3.44. The number of aliphatic imine (C=N–C) groups is 1. The van der Waals surface area contributed by atoms with Gasteiger partial charge in [0.1, 0.15) is 0 Å². The van der Waals surface area contributed by atoms with Crippen molar-refractivity contribution < 1.29 is 4.79 Å². The number of carbonyl (C=O) groups excluding carboxylic acids is 1. The standard InChI is InChI=1S/C20H23BrN4O/c1-22-20(24-14-16-4-2-5-17(21)12-16)23-13-15-7-9-18(10-8-15)25-11-3-6-19(25)26/h2,4-5,7-10,12H,3,6,11,13-14H2,1H3,(H2,22,23,24). The Balaban J connectivity index is 1.51. The highest BCUT2D eigenvalue weighted by molar-refractivity contribution is 9.10. The molecule has 0 spiro atoms. The topological polar surface area (TPSA) is 56.7 Å². The maximum Gasteiger partial charge on any atom is 0.227 e. The van der Waals surface area contributed by atoms with Gasteiger partial charge in [0.2, 0.25) is 5.91 Å². The summed E-state index contributed by atoms with van der Waals surface area (Å²) >= 11 is 3.48. The number of guanidine groups is 1. The van der Waals surface area contributed by atoms with Crippen molar-refractivity contribution in [3.8, 4) is 0 Å². The van der Waals surface area contributed by atoms with Gasteiger partial charge in [-0.05, 0) is 41.8 Å². The molecule has 1 aliphatic rings. The highest BCUT2D eigenvalue weighted by atomic mass is 79.9. The van der Waals surface area contributed by atoms with Gasteiger partial charge in [-0.2, -0.15) is 0 Å². The first-order chi connectivity index (χ1) is 12.7. The minimum Gasteiger partial charge on any atom is -0.352 e. The normalized spacial score (nSPS) is 14.6. The van der Waals surface area contributed by atoms with Crippen molar-refractivity contribution in [2.45, 2.75) is 25.9 Å². The van der Waals surface area contributed by atoms with E-state index in [1.54, 1.807) is 7.05 Å². The first kappa shape index (κ1) is 18.5. The molecule has 3 rings (SSSR count). The summed E-state index contributed by atoms with van der Waals surface area (Å²) in [5.74, 6) is 0.969. The van der Waals surface area contributed by atoms with E-state index < -0.39 is 0 Å². The third-order valence-electron chi connectivity index (χ3n) is 4.35.